The summed E-state index contributed by atoms with van der Waals surface area (Å²) in [5, 5.41) is 9.71. The second kappa shape index (κ2) is 8.78. The Bertz CT molecular complexity index is 549. The molecular weight excluding hydrogens is 308 g/mol. The number of nitrogens with zero attached hydrogens (tertiary/aromatic N) is 2. The zero-order valence-corrected chi connectivity index (χ0v) is 14.2. The average Bonchev–Trinajstić information content (AvgIpc) is 2.61. The molecular formula is C18H26N2O4. The molecule has 1 aromatic rings. The van der Waals surface area contributed by atoms with Crippen LogP contribution in [0.2, 0.25) is 0 Å². The number of piperidine rings is 1. The summed E-state index contributed by atoms with van der Waals surface area (Å²) in [6, 6.07) is 3.80. The Labute approximate surface area is 142 Å². The van der Waals surface area contributed by atoms with E-state index in [2.05, 4.69) is 4.98 Å². The molecule has 0 unspecified atom stereocenters. The molecule has 132 valence electrons. The Kier molecular flexibility index (Phi) is 6.73. The molecule has 6 nitrogen and oxygen atoms in total. The number of methoxy groups -OCH3 is 1. The van der Waals surface area contributed by atoms with E-state index in [0.717, 1.165) is 12.0 Å². The minimum atomic E-state index is -0.833. The van der Waals surface area contributed by atoms with Gasteiger partial charge in [-0.05, 0) is 43.7 Å². The Hall–Kier alpha value is -1.95. The summed E-state index contributed by atoms with van der Waals surface area (Å²) in [7, 11) is 1.61. The van der Waals surface area contributed by atoms with Gasteiger partial charge in [0.2, 0.25) is 5.91 Å². The maximum absolute atomic E-state index is 12.5. The van der Waals surface area contributed by atoms with Crippen molar-refractivity contribution in [3.63, 3.8) is 0 Å². The van der Waals surface area contributed by atoms with E-state index in [1.54, 1.807) is 24.4 Å². The predicted octanol–water partition coefficient (Wildman–Crippen LogP) is 2.13. The SMILES string of the molecule is COCCC[C@]1(C(=O)O)CCCN(C(=O)CCc2cccnc2)C1. The van der Waals surface area contributed by atoms with Crippen LogP contribution >= 0.6 is 0 Å². The van der Waals surface area contributed by atoms with Gasteiger partial charge in [-0.1, -0.05) is 6.07 Å². The summed E-state index contributed by atoms with van der Waals surface area (Å²) < 4.78 is 5.04. The molecule has 24 heavy (non-hydrogen) atoms. The van der Waals surface area contributed by atoms with Crippen molar-refractivity contribution in [1.29, 1.82) is 0 Å². The number of carbonyl (C=O) groups excluding carboxylic acids is 1. The van der Waals surface area contributed by atoms with Crippen LogP contribution < -0.4 is 0 Å². The largest absolute Gasteiger partial charge is 0.481 e. The van der Waals surface area contributed by atoms with Crippen LogP contribution in [-0.4, -0.2) is 53.7 Å². The van der Waals surface area contributed by atoms with Crippen molar-refractivity contribution in [3.8, 4) is 0 Å². The minimum Gasteiger partial charge on any atom is -0.481 e. The maximum Gasteiger partial charge on any atom is 0.311 e. The van der Waals surface area contributed by atoms with Crippen LogP contribution in [0, 0.1) is 5.41 Å². The number of likely N-dealkylation sites (tertiary alicyclic amines) is 1. The normalized spacial score (nSPS) is 20.8. The first-order valence-electron chi connectivity index (χ1n) is 8.46. The number of hydrogen-bond donors (Lipinski definition) is 1. The molecule has 0 bridgehead atoms. The van der Waals surface area contributed by atoms with Crippen LogP contribution in [0.15, 0.2) is 24.5 Å². The molecule has 0 spiro atoms. The van der Waals surface area contributed by atoms with E-state index in [9.17, 15) is 14.7 Å². The maximum atomic E-state index is 12.5. The highest BCUT2D eigenvalue weighted by Crippen LogP contribution is 2.35. The van der Waals surface area contributed by atoms with Crippen molar-refractivity contribution in [1.82, 2.24) is 9.88 Å². The number of ether oxygens (including phenoxy) is 1. The predicted molar refractivity (Wildman–Crippen MR) is 89.6 cm³/mol. The van der Waals surface area contributed by atoms with E-state index in [1.165, 1.54) is 0 Å². The van der Waals surface area contributed by atoms with E-state index >= 15 is 0 Å². The molecule has 1 aromatic heterocycles. The molecule has 1 aliphatic rings. The standard InChI is InChI=1S/C18H26N2O4/c1-24-12-4-9-18(17(22)23)8-3-11-20(14-18)16(21)7-6-15-5-2-10-19-13-15/h2,5,10,13H,3-4,6-9,11-12,14H2,1H3,(H,22,23)/t18-/m1/s1. The van der Waals surface area contributed by atoms with Gasteiger partial charge in [-0.25, -0.2) is 0 Å². The number of aromatic nitrogens is 1. The Morgan fingerprint density at radius 2 is 2.29 bits per heavy atom. The van der Waals surface area contributed by atoms with E-state index in [1.807, 2.05) is 12.1 Å². The molecule has 0 saturated carbocycles. The van der Waals surface area contributed by atoms with Gasteiger partial charge in [0.05, 0.1) is 5.41 Å². The summed E-state index contributed by atoms with van der Waals surface area (Å²) in [5.74, 6) is -0.778. The van der Waals surface area contributed by atoms with Gasteiger partial charge in [-0.15, -0.1) is 0 Å². The molecule has 1 N–H and O–H groups in total. The number of rotatable bonds is 8. The molecule has 1 aliphatic heterocycles. The topological polar surface area (TPSA) is 79.7 Å². The zero-order chi connectivity index (χ0) is 17.4. The van der Waals surface area contributed by atoms with Crippen molar-refractivity contribution < 1.29 is 19.4 Å². The minimum absolute atomic E-state index is 0.0240. The van der Waals surface area contributed by atoms with Crippen LogP contribution in [-0.2, 0) is 20.7 Å². The lowest BCUT2D eigenvalue weighted by atomic mass is 9.76. The van der Waals surface area contributed by atoms with Gasteiger partial charge < -0.3 is 14.7 Å². The Morgan fingerprint density at radius 1 is 1.46 bits per heavy atom. The van der Waals surface area contributed by atoms with Gasteiger partial charge >= 0.3 is 5.97 Å². The monoisotopic (exact) mass is 334 g/mol. The van der Waals surface area contributed by atoms with Gasteiger partial charge in [0.25, 0.3) is 0 Å². The molecule has 0 aromatic carbocycles. The molecule has 2 rings (SSSR count). The molecule has 1 atom stereocenters. The first-order valence-corrected chi connectivity index (χ1v) is 8.46. The van der Waals surface area contributed by atoms with Gasteiger partial charge in [0, 0.05) is 45.6 Å². The highest BCUT2D eigenvalue weighted by atomic mass is 16.5. The number of carboxylic acids is 1. The lowest BCUT2D eigenvalue weighted by Crippen LogP contribution is -2.50. The number of carboxylic acid groups (broad SMARTS) is 1. The van der Waals surface area contributed by atoms with Crippen LogP contribution in [0.5, 0.6) is 0 Å². The van der Waals surface area contributed by atoms with Crippen molar-refractivity contribution in [2.45, 2.75) is 38.5 Å². The number of hydrogen-bond acceptors (Lipinski definition) is 4. The smallest absolute Gasteiger partial charge is 0.311 e. The third-order valence-corrected chi connectivity index (χ3v) is 4.74. The molecule has 6 heteroatoms. The summed E-state index contributed by atoms with van der Waals surface area (Å²) in [5.41, 5.74) is 0.188. The van der Waals surface area contributed by atoms with Crippen LogP contribution in [0.4, 0.5) is 0 Å². The molecule has 0 aliphatic carbocycles. The summed E-state index contributed by atoms with van der Waals surface area (Å²) >= 11 is 0. The highest BCUT2D eigenvalue weighted by Gasteiger charge is 2.42. The van der Waals surface area contributed by atoms with E-state index in [4.69, 9.17) is 4.74 Å². The van der Waals surface area contributed by atoms with Crippen molar-refractivity contribution >= 4 is 11.9 Å². The van der Waals surface area contributed by atoms with Crippen molar-refractivity contribution in [3.05, 3.63) is 30.1 Å². The number of carbonyl (C=O) groups is 2. The third-order valence-electron chi connectivity index (χ3n) is 4.74. The lowest BCUT2D eigenvalue weighted by Gasteiger charge is -2.40. The zero-order valence-electron chi connectivity index (χ0n) is 14.2. The quantitative estimate of drug-likeness (QED) is 0.737. The third kappa shape index (κ3) is 4.77. The van der Waals surface area contributed by atoms with E-state index < -0.39 is 11.4 Å². The second-order valence-electron chi connectivity index (χ2n) is 6.46. The van der Waals surface area contributed by atoms with Crippen molar-refractivity contribution in [2.24, 2.45) is 5.41 Å². The van der Waals surface area contributed by atoms with Crippen LogP contribution in [0.1, 0.15) is 37.7 Å². The fourth-order valence-electron chi connectivity index (χ4n) is 3.34. The fraction of sp³-hybridized carbons (Fsp3) is 0.611. The number of amides is 1. The summed E-state index contributed by atoms with van der Waals surface area (Å²) in [6.45, 7) is 1.49. The van der Waals surface area contributed by atoms with Gasteiger partial charge in [0.15, 0.2) is 0 Å². The first kappa shape index (κ1) is 18.4. The van der Waals surface area contributed by atoms with Crippen LogP contribution in [0.25, 0.3) is 0 Å². The second-order valence-corrected chi connectivity index (χ2v) is 6.46. The van der Waals surface area contributed by atoms with Crippen molar-refractivity contribution in [2.75, 3.05) is 26.8 Å². The van der Waals surface area contributed by atoms with E-state index in [-0.39, 0.29) is 5.91 Å². The molecule has 2 heterocycles. The molecule has 0 radical (unpaired) electrons. The first-order chi connectivity index (χ1) is 11.6. The summed E-state index contributed by atoms with van der Waals surface area (Å²) in [4.78, 5) is 30.1. The fourth-order valence-corrected chi connectivity index (χ4v) is 3.34. The number of aliphatic carboxylic acids is 1. The lowest BCUT2D eigenvalue weighted by molar-refractivity contribution is -0.155. The molecule has 1 amide bonds. The van der Waals surface area contributed by atoms with Gasteiger partial charge in [-0.3, -0.25) is 14.6 Å². The Balaban J connectivity index is 1.94. The molecule has 1 fully saturated rings. The summed E-state index contributed by atoms with van der Waals surface area (Å²) in [6.07, 6.45) is 7.08. The average molecular weight is 334 g/mol. The number of pyridine rings is 1. The highest BCUT2D eigenvalue weighted by molar-refractivity contribution is 5.80. The van der Waals surface area contributed by atoms with Gasteiger partial charge in [0.1, 0.15) is 0 Å². The molecule has 1 saturated heterocycles. The van der Waals surface area contributed by atoms with E-state index in [0.29, 0.717) is 51.8 Å². The Morgan fingerprint density at radius 3 is 2.96 bits per heavy atom. The van der Waals surface area contributed by atoms with Gasteiger partial charge in [-0.2, -0.15) is 0 Å². The number of aryl methyl sites for hydroxylation is 1. The van der Waals surface area contributed by atoms with Crippen LogP contribution in [0.3, 0.4) is 0 Å².